The van der Waals surface area contributed by atoms with Crippen molar-refractivity contribution in [3.63, 3.8) is 0 Å². The summed E-state index contributed by atoms with van der Waals surface area (Å²) in [6.45, 7) is 6.41. The van der Waals surface area contributed by atoms with Gasteiger partial charge in [-0.15, -0.1) is 0 Å². The molecule has 0 spiro atoms. The van der Waals surface area contributed by atoms with Crippen LogP contribution in [0.5, 0.6) is 0 Å². The number of hydrogen-bond donors (Lipinski definition) is 1. The number of amides is 1. The smallest absolute Gasteiger partial charge is 0.267 e. The predicted octanol–water partition coefficient (Wildman–Crippen LogP) is 4.40. The molecule has 22 heavy (non-hydrogen) atoms. The van der Waals surface area contributed by atoms with E-state index in [2.05, 4.69) is 31.3 Å². The fraction of sp³-hybridized carbons (Fsp3) is 0.222. The minimum atomic E-state index is -0.231. The van der Waals surface area contributed by atoms with Crippen molar-refractivity contribution in [2.45, 2.75) is 26.2 Å². The highest BCUT2D eigenvalue weighted by Gasteiger charge is 2.14. The monoisotopic (exact) mass is 314 g/mol. The van der Waals surface area contributed by atoms with Crippen molar-refractivity contribution in [2.24, 2.45) is 5.10 Å². The zero-order chi connectivity index (χ0) is 16.2. The number of nitrogens with one attached hydrogen (secondary N) is 1. The normalized spacial score (nSPS) is 11.6. The molecule has 0 aromatic heterocycles. The first-order valence-corrected chi connectivity index (χ1v) is 7.43. The summed E-state index contributed by atoms with van der Waals surface area (Å²) in [5, 5.41) is 4.62. The molecule has 0 aliphatic rings. The van der Waals surface area contributed by atoms with E-state index in [1.54, 1.807) is 18.3 Å². The van der Waals surface area contributed by atoms with Crippen LogP contribution in [0.15, 0.2) is 53.6 Å². The van der Waals surface area contributed by atoms with E-state index in [1.165, 1.54) is 5.56 Å². The summed E-state index contributed by atoms with van der Waals surface area (Å²) in [6.07, 6.45) is 1.58. The quantitative estimate of drug-likeness (QED) is 0.662. The number of hydrogen-bond acceptors (Lipinski definition) is 2. The molecule has 4 heteroatoms. The average molecular weight is 315 g/mol. The number of carbonyl (C=O) groups excluding carboxylic acids is 1. The van der Waals surface area contributed by atoms with Crippen LogP contribution in [0.2, 0.25) is 5.02 Å². The highest BCUT2D eigenvalue weighted by atomic mass is 35.5. The summed E-state index contributed by atoms with van der Waals surface area (Å²) >= 11 is 5.81. The Morgan fingerprint density at radius 3 is 2.18 bits per heavy atom. The molecular weight excluding hydrogens is 296 g/mol. The van der Waals surface area contributed by atoms with Crippen LogP contribution in [-0.2, 0) is 5.41 Å². The van der Waals surface area contributed by atoms with E-state index < -0.39 is 0 Å². The molecule has 0 radical (unpaired) electrons. The lowest BCUT2D eigenvalue weighted by Gasteiger charge is -2.18. The second kappa shape index (κ2) is 6.75. The van der Waals surface area contributed by atoms with Gasteiger partial charge >= 0.3 is 0 Å². The standard InChI is InChI=1S/C18H19ClN2O/c1-18(2,3)15-8-6-14(7-9-15)17(22)21-20-12-13-4-10-16(19)11-5-13/h4-12H,1-3H3,(H,21,22)/b20-12+. The van der Waals surface area contributed by atoms with Gasteiger partial charge in [0.15, 0.2) is 0 Å². The third kappa shape index (κ3) is 4.43. The molecule has 3 nitrogen and oxygen atoms in total. The average Bonchev–Trinajstić information content (AvgIpc) is 2.48. The molecule has 0 aliphatic heterocycles. The van der Waals surface area contributed by atoms with Crippen LogP contribution in [0.4, 0.5) is 0 Å². The van der Waals surface area contributed by atoms with Crippen molar-refractivity contribution < 1.29 is 4.79 Å². The Hall–Kier alpha value is -2.13. The van der Waals surface area contributed by atoms with Gasteiger partial charge in [0, 0.05) is 10.6 Å². The van der Waals surface area contributed by atoms with Gasteiger partial charge in [-0.25, -0.2) is 5.43 Å². The topological polar surface area (TPSA) is 41.5 Å². The molecule has 0 aliphatic carbocycles. The molecular formula is C18H19ClN2O. The fourth-order valence-corrected chi connectivity index (χ4v) is 2.03. The van der Waals surface area contributed by atoms with Crippen molar-refractivity contribution in [3.8, 4) is 0 Å². The Labute approximate surface area is 136 Å². The lowest BCUT2D eigenvalue weighted by Crippen LogP contribution is -2.18. The van der Waals surface area contributed by atoms with E-state index in [1.807, 2.05) is 36.4 Å². The summed E-state index contributed by atoms with van der Waals surface area (Å²) in [5.41, 5.74) is 5.23. The van der Waals surface area contributed by atoms with E-state index in [0.717, 1.165) is 5.56 Å². The number of nitrogens with zero attached hydrogens (tertiary/aromatic N) is 1. The zero-order valence-corrected chi connectivity index (χ0v) is 13.7. The van der Waals surface area contributed by atoms with Crippen molar-refractivity contribution >= 4 is 23.7 Å². The first-order valence-electron chi connectivity index (χ1n) is 7.06. The van der Waals surface area contributed by atoms with Gasteiger partial charge in [0.05, 0.1) is 6.21 Å². The van der Waals surface area contributed by atoms with E-state index in [-0.39, 0.29) is 11.3 Å². The molecule has 0 saturated heterocycles. The molecule has 114 valence electrons. The van der Waals surface area contributed by atoms with Gasteiger partial charge in [-0.3, -0.25) is 4.79 Å². The Morgan fingerprint density at radius 2 is 1.64 bits per heavy atom. The molecule has 0 bridgehead atoms. The lowest BCUT2D eigenvalue weighted by molar-refractivity contribution is 0.0955. The van der Waals surface area contributed by atoms with Gasteiger partial charge in [-0.05, 0) is 40.8 Å². The van der Waals surface area contributed by atoms with Gasteiger partial charge in [0.2, 0.25) is 0 Å². The number of hydrazone groups is 1. The Morgan fingerprint density at radius 1 is 1.05 bits per heavy atom. The van der Waals surface area contributed by atoms with Crippen molar-refractivity contribution in [3.05, 3.63) is 70.2 Å². The molecule has 2 aromatic rings. The van der Waals surface area contributed by atoms with Crippen LogP contribution >= 0.6 is 11.6 Å². The highest BCUT2D eigenvalue weighted by molar-refractivity contribution is 6.30. The van der Waals surface area contributed by atoms with E-state index >= 15 is 0 Å². The zero-order valence-electron chi connectivity index (χ0n) is 12.9. The summed E-state index contributed by atoms with van der Waals surface area (Å²) in [4.78, 5) is 12.0. The highest BCUT2D eigenvalue weighted by Crippen LogP contribution is 2.22. The first-order chi connectivity index (χ1) is 10.4. The van der Waals surface area contributed by atoms with E-state index in [0.29, 0.717) is 10.6 Å². The third-order valence-corrected chi connectivity index (χ3v) is 3.51. The van der Waals surface area contributed by atoms with Crippen LogP contribution in [0.1, 0.15) is 42.3 Å². The molecule has 0 heterocycles. The van der Waals surface area contributed by atoms with Gasteiger partial charge < -0.3 is 0 Å². The first kappa shape index (κ1) is 16.2. The molecule has 1 N–H and O–H groups in total. The summed E-state index contributed by atoms with van der Waals surface area (Å²) < 4.78 is 0. The molecule has 2 aromatic carbocycles. The second-order valence-electron chi connectivity index (χ2n) is 6.08. The molecule has 0 saturated carbocycles. The summed E-state index contributed by atoms with van der Waals surface area (Å²) in [7, 11) is 0. The maximum atomic E-state index is 12.0. The van der Waals surface area contributed by atoms with Crippen molar-refractivity contribution in [1.29, 1.82) is 0 Å². The Balaban J connectivity index is 1.99. The summed E-state index contributed by atoms with van der Waals surface area (Å²) in [5.74, 6) is -0.231. The molecule has 0 atom stereocenters. The predicted molar refractivity (Wildman–Crippen MR) is 91.7 cm³/mol. The van der Waals surface area contributed by atoms with Crippen LogP contribution in [-0.4, -0.2) is 12.1 Å². The van der Waals surface area contributed by atoms with Crippen molar-refractivity contribution in [1.82, 2.24) is 5.43 Å². The van der Waals surface area contributed by atoms with Gasteiger partial charge in [0.25, 0.3) is 5.91 Å². The van der Waals surface area contributed by atoms with Crippen molar-refractivity contribution in [2.75, 3.05) is 0 Å². The minimum absolute atomic E-state index is 0.0712. The minimum Gasteiger partial charge on any atom is -0.267 e. The number of rotatable bonds is 3. The Kier molecular flexibility index (Phi) is 4.99. The molecule has 0 unspecified atom stereocenters. The maximum absolute atomic E-state index is 12.0. The molecule has 2 rings (SSSR count). The summed E-state index contributed by atoms with van der Waals surface area (Å²) in [6, 6.07) is 14.8. The maximum Gasteiger partial charge on any atom is 0.271 e. The number of halogens is 1. The third-order valence-electron chi connectivity index (χ3n) is 3.26. The molecule has 1 amide bonds. The SMILES string of the molecule is CC(C)(C)c1ccc(C(=O)N/N=C/c2ccc(Cl)cc2)cc1. The van der Waals surface area contributed by atoms with Gasteiger partial charge in [-0.2, -0.15) is 5.10 Å². The van der Waals surface area contributed by atoms with Gasteiger partial charge in [0.1, 0.15) is 0 Å². The van der Waals surface area contributed by atoms with Crippen LogP contribution in [0, 0.1) is 0 Å². The largest absolute Gasteiger partial charge is 0.271 e. The van der Waals surface area contributed by atoms with Gasteiger partial charge in [-0.1, -0.05) is 56.6 Å². The lowest BCUT2D eigenvalue weighted by atomic mass is 9.87. The van der Waals surface area contributed by atoms with Crippen LogP contribution in [0.3, 0.4) is 0 Å². The second-order valence-corrected chi connectivity index (χ2v) is 6.51. The Bertz CT molecular complexity index is 668. The fourth-order valence-electron chi connectivity index (χ4n) is 1.90. The van der Waals surface area contributed by atoms with Crippen LogP contribution < -0.4 is 5.43 Å². The number of carbonyl (C=O) groups is 1. The van der Waals surface area contributed by atoms with E-state index in [4.69, 9.17) is 11.6 Å². The number of benzene rings is 2. The van der Waals surface area contributed by atoms with Crippen LogP contribution in [0.25, 0.3) is 0 Å². The van der Waals surface area contributed by atoms with E-state index in [9.17, 15) is 4.79 Å². The molecule has 0 fully saturated rings.